The van der Waals surface area contributed by atoms with Crippen LogP contribution in [0.25, 0.3) is 11.3 Å². The molecule has 3 aromatic rings. The first-order chi connectivity index (χ1) is 12.3. The first-order valence-corrected chi connectivity index (χ1v) is 7.45. The van der Waals surface area contributed by atoms with Crippen LogP contribution in [-0.2, 0) is 7.05 Å². The zero-order valence-electron chi connectivity index (χ0n) is 13.5. The fraction of sp³-hybridized carbons (Fsp3) is 0.118. The molecule has 1 heterocycles. The summed E-state index contributed by atoms with van der Waals surface area (Å²) in [4.78, 5) is 12.4. The van der Waals surface area contributed by atoms with Gasteiger partial charge in [-0.05, 0) is 24.3 Å². The van der Waals surface area contributed by atoms with Gasteiger partial charge in [0, 0.05) is 18.2 Å². The van der Waals surface area contributed by atoms with Crippen molar-refractivity contribution in [2.24, 2.45) is 7.05 Å². The van der Waals surface area contributed by atoms with Gasteiger partial charge in [-0.3, -0.25) is 9.48 Å². The van der Waals surface area contributed by atoms with Gasteiger partial charge in [0.05, 0.1) is 11.9 Å². The number of ether oxygens (including phenoxy) is 1. The molecule has 3 rings (SSSR count). The van der Waals surface area contributed by atoms with Crippen molar-refractivity contribution in [2.75, 3.05) is 5.32 Å². The second-order valence-corrected chi connectivity index (χ2v) is 5.35. The average molecular weight is 362 g/mol. The molecule has 0 saturated carbocycles. The molecule has 2 aromatic carbocycles. The van der Waals surface area contributed by atoms with Crippen molar-refractivity contribution in [1.82, 2.24) is 15.0 Å². The second-order valence-electron chi connectivity index (χ2n) is 5.35. The smallest absolute Gasteiger partial charge is 0.406 e. The van der Waals surface area contributed by atoms with E-state index in [2.05, 4.69) is 20.4 Å². The van der Waals surface area contributed by atoms with Crippen molar-refractivity contribution >= 4 is 11.6 Å². The zero-order valence-corrected chi connectivity index (χ0v) is 13.5. The van der Waals surface area contributed by atoms with Crippen LogP contribution in [0.1, 0.15) is 10.4 Å². The van der Waals surface area contributed by atoms with Crippen molar-refractivity contribution in [3.05, 3.63) is 60.3 Å². The first kappa shape index (κ1) is 17.5. The highest BCUT2D eigenvalue weighted by Gasteiger charge is 2.31. The SMILES string of the molecule is Cn1cc(-c2ccccc2NC(=O)c2cccc(OC(F)(F)F)c2)nn1. The summed E-state index contributed by atoms with van der Waals surface area (Å²) in [5, 5.41) is 10.5. The lowest BCUT2D eigenvalue weighted by atomic mass is 10.1. The molecular formula is C17H13F3N4O2. The molecular weight excluding hydrogens is 349 g/mol. The number of para-hydroxylation sites is 1. The van der Waals surface area contributed by atoms with Gasteiger partial charge in [-0.2, -0.15) is 0 Å². The lowest BCUT2D eigenvalue weighted by Crippen LogP contribution is -2.18. The Kier molecular flexibility index (Phi) is 4.61. The van der Waals surface area contributed by atoms with Crippen LogP contribution in [0.15, 0.2) is 54.7 Å². The van der Waals surface area contributed by atoms with Gasteiger partial charge in [-0.25, -0.2) is 0 Å². The molecule has 1 aromatic heterocycles. The van der Waals surface area contributed by atoms with Crippen LogP contribution in [-0.4, -0.2) is 27.3 Å². The molecule has 26 heavy (non-hydrogen) atoms. The van der Waals surface area contributed by atoms with Gasteiger partial charge in [0.15, 0.2) is 0 Å². The quantitative estimate of drug-likeness (QED) is 0.769. The number of carbonyl (C=O) groups excluding carboxylic acids is 1. The number of halogens is 3. The fourth-order valence-electron chi connectivity index (χ4n) is 2.32. The number of aromatic nitrogens is 3. The molecule has 0 aliphatic carbocycles. The largest absolute Gasteiger partial charge is 0.573 e. The minimum absolute atomic E-state index is 0.0284. The number of amides is 1. The van der Waals surface area contributed by atoms with Crippen LogP contribution in [0.3, 0.4) is 0 Å². The van der Waals surface area contributed by atoms with Crippen molar-refractivity contribution in [3.8, 4) is 17.0 Å². The van der Waals surface area contributed by atoms with Crippen molar-refractivity contribution in [2.45, 2.75) is 6.36 Å². The van der Waals surface area contributed by atoms with Crippen LogP contribution >= 0.6 is 0 Å². The van der Waals surface area contributed by atoms with E-state index in [0.29, 0.717) is 16.9 Å². The molecule has 0 radical (unpaired) electrons. The van der Waals surface area contributed by atoms with E-state index in [1.807, 2.05) is 0 Å². The average Bonchev–Trinajstić information content (AvgIpc) is 3.00. The monoisotopic (exact) mass is 362 g/mol. The molecule has 0 saturated heterocycles. The number of hydrogen-bond donors (Lipinski definition) is 1. The number of benzene rings is 2. The third-order valence-corrected chi connectivity index (χ3v) is 3.38. The summed E-state index contributed by atoms with van der Waals surface area (Å²) in [5.41, 5.74) is 1.68. The summed E-state index contributed by atoms with van der Waals surface area (Å²) < 4.78 is 42.3. The number of alkyl halides is 3. The number of hydrogen-bond acceptors (Lipinski definition) is 4. The number of rotatable bonds is 4. The number of anilines is 1. The maximum Gasteiger partial charge on any atom is 0.573 e. The standard InChI is InChI=1S/C17H13F3N4O2/c1-24-10-15(22-23-24)13-7-2-3-8-14(13)21-16(25)11-5-4-6-12(9-11)26-17(18,19)20/h2-10H,1H3,(H,21,25). The van der Waals surface area contributed by atoms with Crippen LogP contribution < -0.4 is 10.1 Å². The second kappa shape index (κ2) is 6.87. The topological polar surface area (TPSA) is 69.0 Å². The lowest BCUT2D eigenvalue weighted by Gasteiger charge is -2.11. The summed E-state index contributed by atoms with van der Waals surface area (Å²) in [6, 6.07) is 11.8. The fourth-order valence-corrected chi connectivity index (χ4v) is 2.32. The molecule has 134 valence electrons. The molecule has 0 aliphatic rings. The Labute approximate surface area is 146 Å². The van der Waals surface area contributed by atoms with E-state index in [9.17, 15) is 18.0 Å². The molecule has 1 amide bonds. The Balaban J connectivity index is 1.84. The number of nitrogens with one attached hydrogen (secondary N) is 1. The van der Waals surface area contributed by atoms with Gasteiger partial charge < -0.3 is 10.1 Å². The van der Waals surface area contributed by atoms with Gasteiger partial charge >= 0.3 is 6.36 Å². The minimum atomic E-state index is -4.83. The Bertz CT molecular complexity index is 938. The van der Waals surface area contributed by atoms with Crippen LogP contribution in [0.5, 0.6) is 5.75 Å². The summed E-state index contributed by atoms with van der Waals surface area (Å²) in [6.45, 7) is 0. The number of nitrogens with zero attached hydrogens (tertiary/aromatic N) is 3. The summed E-state index contributed by atoms with van der Waals surface area (Å²) in [7, 11) is 1.71. The molecule has 0 spiro atoms. The third kappa shape index (κ3) is 4.18. The van der Waals surface area contributed by atoms with E-state index in [4.69, 9.17) is 0 Å². The predicted octanol–water partition coefficient (Wildman–Crippen LogP) is 3.63. The zero-order chi connectivity index (χ0) is 18.7. The van der Waals surface area contributed by atoms with Gasteiger partial charge in [-0.15, -0.1) is 18.3 Å². The Morgan fingerprint density at radius 3 is 2.62 bits per heavy atom. The van der Waals surface area contributed by atoms with Gasteiger partial charge in [-0.1, -0.05) is 29.5 Å². The Morgan fingerprint density at radius 2 is 1.92 bits per heavy atom. The van der Waals surface area contributed by atoms with E-state index >= 15 is 0 Å². The lowest BCUT2D eigenvalue weighted by molar-refractivity contribution is -0.274. The molecule has 0 fully saturated rings. The Morgan fingerprint density at radius 1 is 1.15 bits per heavy atom. The van der Waals surface area contributed by atoms with E-state index < -0.39 is 18.0 Å². The summed E-state index contributed by atoms with van der Waals surface area (Å²) in [6.07, 6.45) is -3.14. The molecule has 0 aliphatic heterocycles. The number of aryl methyl sites for hydroxylation is 1. The van der Waals surface area contributed by atoms with Crippen LogP contribution in [0, 0.1) is 0 Å². The van der Waals surface area contributed by atoms with Crippen molar-refractivity contribution in [3.63, 3.8) is 0 Å². The van der Waals surface area contributed by atoms with E-state index in [1.165, 1.54) is 16.8 Å². The van der Waals surface area contributed by atoms with Crippen LogP contribution in [0.4, 0.5) is 18.9 Å². The highest BCUT2D eigenvalue weighted by Crippen LogP contribution is 2.27. The molecule has 0 unspecified atom stereocenters. The van der Waals surface area contributed by atoms with E-state index in [-0.39, 0.29) is 5.56 Å². The molecule has 9 heteroatoms. The van der Waals surface area contributed by atoms with Crippen molar-refractivity contribution < 1.29 is 22.7 Å². The first-order valence-electron chi connectivity index (χ1n) is 7.45. The van der Waals surface area contributed by atoms with Crippen LogP contribution in [0.2, 0.25) is 0 Å². The third-order valence-electron chi connectivity index (χ3n) is 3.38. The maximum atomic E-state index is 12.4. The summed E-state index contributed by atoms with van der Waals surface area (Å²) in [5.74, 6) is -1.04. The predicted molar refractivity (Wildman–Crippen MR) is 87.5 cm³/mol. The minimum Gasteiger partial charge on any atom is -0.406 e. The highest BCUT2D eigenvalue weighted by atomic mass is 19.4. The van der Waals surface area contributed by atoms with Crippen molar-refractivity contribution in [1.29, 1.82) is 0 Å². The Hall–Kier alpha value is -3.36. The molecule has 6 nitrogen and oxygen atoms in total. The maximum absolute atomic E-state index is 12.4. The molecule has 0 bridgehead atoms. The van der Waals surface area contributed by atoms with E-state index in [0.717, 1.165) is 12.1 Å². The van der Waals surface area contributed by atoms with Gasteiger partial charge in [0.1, 0.15) is 11.4 Å². The van der Waals surface area contributed by atoms with E-state index in [1.54, 1.807) is 37.5 Å². The van der Waals surface area contributed by atoms with Gasteiger partial charge in [0.2, 0.25) is 0 Å². The summed E-state index contributed by atoms with van der Waals surface area (Å²) >= 11 is 0. The van der Waals surface area contributed by atoms with Gasteiger partial charge in [0.25, 0.3) is 5.91 Å². The number of carbonyl (C=O) groups is 1. The highest BCUT2D eigenvalue weighted by molar-refractivity contribution is 6.06. The molecule has 0 atom stereocenters. The normalized spacial score (nSPS) is 11.2. The molecule has 1 N–H and O–H groups in total.